The molecule has 0 aromatic heterocycles. The molecule has 6 heteroatoms. The predicted molar refractivity (Wildman–Crippen MR) is 110 cm³/mol. The van der Waals surface area contributed by atoms with Crippen LogP contribution in [0.1, 0.15) is 31.4 Å². The minimum absolute atomic E-state index is 0.0676. The molecule has 0 bridgehead atoms. The summed E-state index contributed by atoms with van der Waals surface area (Å²) in [5, 5.41) is 10.1. The van der Waals surface area contributed by atoms with Gasteiger partial charge in [0.1, 0.15) is 11.5 Å². The normalized spacial score (nSPS) is 28.9. The van der Waals surface area contributed by atoms with Crippen LogP contribution >= 0.6 is 0 Å². The highest BCUT2D eigenvalue weighted by Crippen LogP contribution is 2.54. The third-order valence-corrected chi connectivity index (χ3v) is 6.20. The van der Waals surface area contributed by atoms with Gasteiger partial charge in [-0.15, -0.1) is 0 Å². The van der Waals surface area contributed by atoms with Gasteiger partial charge in [-0.05, 0) is 43.5 Å². The molecule has 5 rings (SSSR count). The highest BCUT2D eigenvalue weighted by atomic mass is 16.7. The highest BCUT2D eigenvalue weighted by Gasteiger charge is 2.61. The van der Waals surface area contributed by atoms with Gasteiger partial charge in [0.2, 0.25) is 5.91 Å². The fraction of sp³-hybridized carbons (Fsp3) is 0.333. The van der Waals surface area contributed by atoms with Crippen molar-refractivity contribution in [2.75, 3.05) is 4.90 Å². The van der Waals surface area contributed by atoms with Crippen molar-refractivity contribution in [2.24, 2.45) is 0 Å². The van der Waals surface area contributed by atoms with Crippen LogP contribution in [-0.2, 0) is 31.0 Å². The molecule has 0 unspecified atom stereocenters. The van der Waals surface area contributed by atoms with Crippen molar-refractivity contribution in [1.82, 2.24) is 0 Å². The SMILES string of the molecule is CC1(C)O[C@@H]2C=C(C(=O)O)[C@@]3(C[C@H]2O1)C(=O)N(Cc1ccccc1)c1ccccc13. The number of nitrogens with zero attached hydrogens (tertiary/aromatic N) is 1. The molecule has 2 heterocycles. The van der Waals surface area contributed by atoms with Gasteiger partial charge in [-0.25, -0.2) is 4.79 Å². The van der Waals surface area contributed by atoms with Crippen molar-refractivity contribution < 1.29 is 24.2 Å². The lowest BCUT2D eigenvalue weighted by Crippen LogP contribution is -2.50. The second-order valence-corrected chi connectivity index (χ2v) is 8.53. The first-order chi connectivity index (χ1) is 14.3. The maximum absolute atomic E-state index is 13.9. The maximum Gasteiger partial charge on any atom is 0.332 e. The number of amides is 1. The molecule has 154 valence electrons. The second-order valence-electron chi connectivity index (χ2n) is 8.53. The molecule has 1 aliphatic carbocycles. The van der Waals surface area contributed by atoms with E-state index >= 15 is 0 Å². The Balaban J connectivity index is 1.65. The Morgan fingerprint density at radius 1 is 1.10 bits per heavy atom. The number of carbonyl (C=O) groups is 2. The molecule has 3 atom stereocenters. The summed E-state index contributed by atoms with van der Waals surface area (Å²) in [6.45, 7) is 3.99. The molecule has 1 spiro atoms. The number of anilines is 1. The monoisotopic (exact) mass is 405 g/mol. The molecule has 1 amide bonds. The topological polar surface area (TPSA) is 76.1 Å². The summed E-state index contributed by atoms with van der Waals surface area (Å²) in [5.41, 5.74) is 1.22. The summed E-state index contributed by atoms with van der Waals surface area (Å²) in [6, 6.07) is 17.2. The first-order valence-corrected chi connectivity index (χ1v) is 10.1. The lowest BCUT2D eigenvalue weighted by atomic mass is 9.67. The Labute approximate surface area is 174 Å². The Morgan fingerprint density at radius 2 is 1.80 bits per heavy atom. The van der Waals surface area contributed by atoms with Crippen molar-refractivity contribution in [2.45, 2.75) is 50.2 Å². The second kappa shape index (κ2) is 6.52. The lowest BCUT2D eigenvalue weighted by molar-refractivity contribution is -0.145. The number of aliphatic carboxylic acids is 1. The molecule has 6 nitrogen and oxygen atoms in total. The van der Waals surface area contributed by atoms with E-state index in [1.54, 1.807) is 24.8 Å². The first-order valence-electron chi connectivity index (χ1n) is 10.1. The lowest BCUT2D eigenvalue weighted by Gasteiger charge is -2.36. The number of carboxylic acid groups (broad SMARTS) is 1. The number of hydrogen-bond acceptors (Lipinski definition) is 4. The van der Waals surface area contributed by atoms with Crippen LogP contribution in [0.25, 0.3) is 0 Å². The first kappa shape index (κ1) is 19.0. The van der Waals surface area contributed by atoms with E-state index in [1.807, 2.05) is 54.6 Å². The molecule has 2 aliphatic heterocycles. The number of hydrogen-bond donors (Lipinski definition) is 1. The van der Waals surface area contributed by atoms with Crippen LogP contribution in [-0.4, -0.2) is 35.0 Å². The fourth-order valence-corrected chi connectivity index (χ4v) is 5.04. The number of ether oxygens (including phenoxy) is 2. The zero-order valence-corrected chi connectivity index (χ0v) is 16.9. The van der Waals surface area contributed by atoms with E-state index in [4.69, 9.17) is 9.47 Å². The molecule has 3 aliphatic rings. The quantitative estimate of drug-likeness (QED) is 0.847. The summed E-state index contributed by atoms with van der Waals surface area (Å²) in [7, 11) is 0. The van der Waals surface area contributed by atoms with Gasteiger partial charge in [-0.2, -0.15) is 0 Å². The molecule has 1 N–H and O–H groups in total. The van der Waals surface area contributed by atoms with E-state index in [2.05, 4.69) is 0 Å². The van der Waals surface area contributed by atoms with Crippen molar-refractivity contribution in [1.29, 1.82) is 0 Å². The van der Waals surface area contributed by atoms with Crippen molar-refractivity contribution in [3.63, 3.8) is 0 Å². The van der Waals surface area contributed by atoms with Gasteiger partial charge in [-0.3, -0.25) is 4.79 Å². The van der Waals surface area contributed by atoms with E-state index in [-0.39, 0.29) is 17.9 Å². The molecular formula is C24H23NO5. The van der Waals surface area contributed by atoms with E-state index in [0.29, 0.717) is 12.1 Å². The molecule has 1 fully saturated rings. The van der Waals surface area contributed by atoms with Crippen LogP contribution in [0.4, 0.5) is 5.69 Å². The van der Waals surface area contributed by atoms with Gasteiger partial charge in [0.15, 0.2) is 5.79 Å². The summed E-state index contributed by atoms with van der Waals surface area (Å²) in [5.74, 6) is -2.16. The van der Waals surface area contributed by atoms with Gasteiger partial charge in [-0.1, -0.05) is 48.5 Å². The number of para-hydroxylation sites is 1. The van der Waals surface area contributed by atoms with Crippen LogP contribution < -0.4 is 4.90 Å². The Bertz CT molecular complexity index is 1060. The standard InChI is InChI=1S/C24H23NO5/c1-23(2)29-19-12-17(21(26)27)24(13-20(19)30-23)16-10-6-7-11-18(16)25(22(24)28)14-15-8-4-3-5-9-15/h3-12,19-20H,13-14H2,1-2H3,(H,26,27)/t19-,20-,24+/m1/s1. The molecule has 0 saturated carbocycles. The van der Waals surface area contributed by atoms with E-state index < -0.39 is 29.4 Å². The van der Waals surface area contributed by atoms with Gasteiger partial charge in [0.05, 0.1) is 18.2 Å². The zero-order chi connectivity index (χ0) is 21.1. The Hall–Kier alpha value is -2.96. The minimum atomic E-state index is -1.29. The van der Waals surface area contributed by atoms with E-state index in [1.165, 1.54) is 0 Å². The van der Waals surface area contributed by atoms with Gasteiger partial charge >= 0.3 is 5.97 Å². The Kier molecular flexibility index (Phi) is 4.14. The molecular weight excluding hydrogens is 382 g/mol. The number of fused-ring (bicyclic) bond motifs is 3. The summed E-state index contributed by atoms with van der Waals surface area (Å²) in [4.78, 5) is 28.0. The Morgan fingerprint density at radius 3 is 2.53 bits per heavy atom. The van der Waals surface area contributed by atoms with E-state index in [9.17, 15) is 14.7 Å². The third kappa shape index (κ3) is 2.71. The van der Waals surface area contributed by atoms with Gasteiger partial charge in [0, 0.05) is 5.69 Å². The summed E-state index contributed by atoms with van der Waals surface area (Å²) in [6.07, 6.45) is 0.934. The molecule has 2 aromatic rings. The molecule has 30 heavy (non-hydrogen) atoms. The fourth-order valence-electron chi connectivity index (χ4n) is 5.04. The summed E-state index contributed by atoms with van der Waals surface area (Å²) < 4.78 is 11.9. The van der Waals surface area contributed by atoms with Crippen LogP contribution in [0, 0.1) is 0 Å². The predicted octanol–water partition coefficient (Wildman–Crippen LogP) is 3.41. The van der Waals surface area contributed by atoms with Crippen LogP contribution in [0.2, 0.25) is 0 Å². The minimum Gasteiger partial charge on any atom is -0.478 e. The molecule has 1 saturated heterocycles. The highest BCUT2D eigenvalue weighted by molar-refractivity contribution is 6.15. The van der Waals surface area contributed by atoms with Crippen molar-refractivity contribution in [3.05, 3.63) is 77.4 Å². The smallest absolute Gasteiger partial charge is 0.332 e. The summed E-state index contributed by atoms with van der Waals surface area (Å²) >= 11 is 0. The van der Waals surface area contributed by atoms with E-state index in [0.717, 1.165) is 11.3 Å². The van der Waals surface area contributed by atoms with Crippen LogP contribution in [0.15, 0.2) is 66.2 Å². The average molecular weight is 405 g/mol. The number of carboxylic acids is 1. The van der Waals surface area contributed by atoms with Crippen molar-refractivity contribution >= 4 is 17.6 Å². The van der Waals surface area contributed by atoms with Gasteiger partial charge in [0.25, 0.3) is 0 Å². The van der Waals surface area contributed by atoms with Gasteiger partial charge < -0.3 is 19.5 Å². The largest absolute Gasteiger partial charge is 0.478 e. The average Bonchev–Trinajstić information content (AvgIpc) is 3.14. The molecule has 0 radical (unpaired) electrons. The van der Waals surface area contributed by atoms with Crippen LogP contribution in [0.5, 0.6) is 0 Å². The number of benzene rings is 2. The molecule has 2 aromatic carbocycles. The van der Waals surface area contributed by atoms with Crippen molar-refractivity contribution in [3.8, 4) is 0 Å². The zero-order valence-electron chi connectivity index (χ0n) is 16.9. The maximum atomic E-state index is 13.9. The number of carbonyl (C=O) groups excluding carboxylic acids is 1. The van der Waals surface area contributed by atoms with Crippen LogP contribution in [0.3, 0.4) is 0 Å². The third-order valence-electron chi connectivity index (χ3n) is 6.20. The number of rotatable bonds is 3.